The molecule has 2 N–H and O–H groups in total. The van der Waals surface area contributed by atoms with Gasteiger partial charge in [0.15, 0.2) is 0 Å². The standard InChI is InChI=1S/C23H28F3N5O2S/c1-14-18(21(32)30-16-5-10-28-17(13-16)34(3,27)33)20(29-15(2)19(14)23(24,25)26)31-11-8-22(9-12-31)6-4-7-22/h5,10,13,27H,4,6-9,11-12H2,1-3H3,(H,28,30,32). The van der Waals surface area contributed by atoms with Crippen molar-refractivity contribution in [2.45, 2.75) is 57.2 Å². The summed E-state index contributed by atoms with van der Waals surface area (Å²) >= 11 is 0. The summed E-state index contributed by atoms with van der Waals surface area (Å²) in [4.78, 5) is 23.5. The van der Waals surface area contributed by atoms with Gasteiger partial charge in [-0.3, -0.25) is 4.79 Å². The first-order valence-electron chi connectivity index (χ1n) is 11.2. The number of piperidine rings is 1. The predicted molar refractivity (Wildman–Crippen MR) is 124 cm³/mol. The van der Waals surface area contributed by atoms with Crippen LogP contribution in [0, 0.1) is 24.0 Å². The van der Waals surface area contributed by atoms with Gasteiger partial charge in [0.05, 0.1) is 26.5 Å². The number of nitrogens with zero attached hydrogens (tertiary/aromatic N) is 3. The molecule has 1 spiro atoms. The van der Waals surface area contributed by atoms with Gasteiger partial charge in [0.1, 0.15) is 10.8 Å². The van der Waals surface area contributed by atoms with E-state index in [9.17, 15) is 22.2 Å². The van der Waals surface area contributed by atoms with Crippen LogP contribution in [0.15, 0.2) is 23.4 Å². The molecule has 2 aromatic rings. The van der Waals surface area contributed by atoms with Gasteiger partial charge in [-0.15, -0.1) is 0 Å². The van der Waals surface area contributed by atoms with Gasteiger partial charge in [-0.2, -0.15) is 13.2 Å². The molecule has 1 saturated carbocycles. The minimum absolute atomic E-state index is 0.0258. The summed E-state index contributed by atoms with van der Waals surface area (Å²) in [7, 11) is -3.13. The molecule has 2 aromatic heterocycles. The van der Waals surface area contributed by atoms with Crippen molar-refractivity contribution in [1.82, 2.24) is 9.97 Å². The zero-order chi connectivity index (χ0) is 24.9. The SMILES string of the molecule is Cc1nc(N2CCC3(CCC3)CC2)c(C(=O)Nc2ccnc(S(C)(=N)=O)c2)c(C)c1C(F)(F)F. The number of amides is 1. The largest absolute Gasteiger partial charge is 0.418 e. The summed E-state index contributed by atoms with van der Waals surface area (Å²) in [6.07, 6.45) is 3.26. The predicted octanol–water partition coefficient (Wildman–Crippen LogP) is 5.17. The van der Waals surface area contributed by atoms with Crippen LogP contribution < -0.4 is 10.2 Å². The van der Waals surface area contributed by atoms with Crippen LogP contribution in [-0.4, -0.2) is 39.4 Å². The maximum Gasteiger partial charge on any atom is 0.418 e. The maximum atomic E-state index is 13.8. The molecule has 11 heteroatoms. The first kappa shape index (κ1) is 24.4. The fourth-order valence-corrected chi connectivity index (χ4v) is 5.63. The number of hydrogen-bond acceptors (Lipinski definition) is 6. The molecule has 0 radical (unpaired) electrons. The van der Waals surface area contributed by atoms with Crippen molar-refractivity contribution in [3.05, 3.63) is 40.7 Å². The number of rotatable bonds is 4. The lowest BCUT2D eigenvalue weighted by molar-refractivity contribution is -0.138. The van der Waals surface area contributed by atoms with E-state index >= 15 is 0 Å². The van der Waals surface area contributed by atoms with E-state index < -0.39 is 27.4 Å². The third-order valence-electron chi connectivity index (χ3n) is 7.05. The lowest BCUT2D eigenvalue weighted by Crippen LogP contribution is -2.44. The van der Waals surface area contributed by atoms with Gasteiger partial charge in [0.25, 0.3) is 5.91 Å². The number of hydrogen-bond donors (Lipinski definition) is 2. The van der Waals surface area contributed by atoms with E-state index in [-0.39, 0.29) is 33.4 Å². The van der Waals surface area contributed by atoms with Crippen molar-refractivity contribution in [2.75, 3.05) is 29.6 Å². The highest BCUT2D eigenvalue weighted by Crippen LogP contribution is 2.49. The molecular formula is C23H28F3N5O2S. The number of carbonyl (C=O) groups is 1. The number of carbonyl (C=O) groups excluding carboxylic acids is 1. The summed E-state index contributed by atoms with van der Waals surface area (Å²) in [5.41, 5.74) is -0.845. The third-order valence-corrected chi connectivity index (χ3v) is 8.07. The molecule has 0 aromatic carbocycles. The highest BCUT2D eigenvalue weighted by atomic mass is 32.2. The zero-order valence-corrected chi connectivity index (χ0v) is 20.2. The summed E-state index contributed by atoms with van der Waals surface area (Å²) in [6.45, 7) is 3.88. The third kappa shape index (κ3) is 4.62. The fraction of sp³-hybridized carbons (Fsp3) is 0.522. The van der Waals surface area contributed by atoms with Crippen LogP contribution in [0.4, 0.5) is 24.7 Å². The average molecular weight is 496 g/mol. The summed E-state index contributed by atoms with van der Waals surface area (Å²) < 4.78 is 61.3. The summed E-state index contributed by atoms with van der Waals surface area (Å²) in [6, 6.07) is 2.74. The Balaban J connectivity index is 1.74. The zero-order valence-electron chi connectivity index (χ0n) is 19.4. The minimum atomic E-state index is -4.66. The molecule has 7 nitrogen and oxygen atoms in total. The Morgan fingerprint density at radius 1 is 1.21 bits per heavy atom. The normalized spacial score (nSPS) is 19.4. The first-order valence-corrected chi connectivity index (χ1v) is 13.1. The number of anilines is 2. The number of aryl methyl sites for hydroxylation is 1. The van der Waals surface area contributed by atoms with Crippen molar-refractivity contribution < 1.29 is 22.2 Å². The van der Waals surface area contributed by atoms with Crippen LogP contribution in [0.1, 0.15) is 59.3 Å². The lowest BCUT2D eigenvalue weighted by Gasteiger charge is -2.48. The molecule has 34 heavy (non-hydrogen) atoms. The number of alkyl halides is 3. The van der Waals surface area contributed by atoms with Crippen LogP contribution in [0.2, 0.25) is 0 Å². The number of aromatic nitrogens is 2. The van der Waals surface area contributed by atoms with Gasteiger partial charge >= 0.3 is 6.18 Å². The smallest absolute Gasteiger partial charge is 0.356 e. The van der Waals surface area contributed by atoms with Crippen molar-refractivity contribution in [2.24, 2.45) is 5.41 Å². The summed E-state index contributed by atoms with van der Waals surface area (Å²) in [5.74, 6) is -0.483. The highest BCUT2D eigenvalue weighted by Gasteiger charge is 2.42. The van der Waals surface area contributed by atoms with Gasteiger partial charge in [0.2, 0.25) is 0 Å². The van der Waals surface area contributed by atoms with Gasteiger partial charge in [-0.1, -0.05) is 6.42 Å². The number of pyridine rings is 2. The quantitative estimate of drug-likeness (QED) is 0.610. The maximum absolute atomic E-state index is 13.8. The van der Waals surface area contributed by atoms with Crippen LogP contribution in [0.25, 0.3) is 0 Å². The topological polar surface area (TPSA) is 99.0 Å². The number of halogens is 3. The second-order valence-electron chi connectivity index (χ2n) is 9.41. The Morgan fingerprint density at radius 2 is 1.85 bits per heavy atom. The second kappa shape index (κ2) is 8.51. The highest BCUT2D eigenvalue weighted by molar-refractivity contribution is 7.91. The van der Waals surface area contributed by atoms with Gasteiger partial charge < -0.3 is 10.2 Å². The molecule has 1 saturated heterocycles. The molecule has 1 atom stereocenters. The fourth-order valence-electron chi connectivity index (χ4n) is 5.02. The van der Waals surface area contributed by atoms with E-state index in [0.29, 0.717) is 18.5 Å². The van der Waals surface area contributed by atoms with Crippen LogP contribution in [0.3, 0.4) is 0 Å². The van der Waals surface area contributed by atoms with Gasteiger partial charge in [-0.25, -0.2) is 19.0 Å². The molecule has 4 rings (SSSR count). The Morgan fingerprint density at radius 3 is 2.38 bits per heavy atom. The second-order valence-corrected chi connectivity index (χ2v) is 11.5. The van der Waals surface area contributed by atoms with Gasteiger partial charge in [-0.05, 0) is 62.6 Å². The molecule has 1 aliphatic carbocycles. The van der Waals surface area contributed by atoms with Crippen molar-refractivity contribution >= 4 is 27.1 Å². The van der Waals surface area contributed by atoms with E-state index in [1.807, 2.05) is 4.90 Å². The molecule has 1 unspecified atom stereocenters. The molecule has 2 aliphatic rings. The molecule has 1 amide bonds. The Kier molecular flexibility index (Phi) is 6.12. The summed E-state index contributed by atoms with van der Waals surface area (Å²) in [5, 5.41) is 2.58. The molecule has 3 heterocycles. The molecule has 0 bridgehead atoms. The van der Waals surface area contributed by atoms with Gasteiger partial charge in [0, 0.05) is 31.2 Å². The number of nitrogens with one attached hydrogen (secondary N) is 2. The van der Waals surface area contributed by atoms with E-state index in [2.05, 4.69) is 15.3 Å². The van der Waals surface area contributed by atoms with E-state index in [1.165, 1.54) is 57.7 Å². The van der Waals surface area contributed by atoms with Crippen molar-refractivity contribution in [1.29, 1.82) is 4.78 Å². The molecule has 184 valence electrons. The van der Waals surface area contributed by atoms with E-state index in [1.54, 1.807) is 0 Å². The van der Waals surface area contributed by atoms with Crippen LogP contribution >= 0.6 is 0 Å². The van der Waals surface area contributed by atoms with Crippen molar-refractivity contribution in [3.63, 3.8) is 0 Å². The minimum Gasteiger partial charge on any atom is -0.356 e. The Labute approximate surface area is 197 Å². The molecule has 1 aliphatic heterocycles. The van der Waals surface area contributed by atoms with E-state index in [4.69, 9.17) is 4.78 Å². The monoisotopic (exact) mass is 495 g/mol. The van der Waals surface area contributed by atoms with Crippen LogP contribution in [0.5, 0.6) is 0 Å². The molecular weight excluding hydrogens is 467 g/mol. The van der Waals surface area contributed by atoms with E-state index in [0.717, 1.165) is 12.8 Å². The van der Waals surface area contributed by atoms with Crippen LogP contribution in [-0.2, 0) is 15.9 Å². The van der Waals surface area contributed by atoms with Crippen molar-refractivity contribution in [3.8, 4) is 0 Å². The average Bonchev–Trinajstić information content (AvgIpc) is 2.70. The molecule has 2 fully saturated rings. The lowest BCUT2D eigenvalue weighted by atomic mass is 9.63. The Hall–Kier alpha value is -2.69. The Bertz CT molecular complexity index is 1230. The first-order chi connectivity index (χ1) is 15.8.